The summed E-state index contributed by atoms with van der Waals surface area (Å²) in [5.74, 6) is 0. The number of primary sulfonamides is 1. The van der Waals surface area contributed by atoms with Gasteiger partial charge in [-0.15, -0.1) is 0 Å². The summed E-state index contributed by atoms with van der Waals surface area (Å²) in [6.45, 7) is 0. The maximum absolute atomic E-state index is 13.1. The molecule has 180 valence electrons. The van der Waals surface area contributed by atoms with Crippen LogP contribution in [0.4, 0.5) is 13.2 Å². The van der Waals surface area contributed by atoms with Crippen molar-refractivity contribution in [3.8, 4) is 33.6 Å². The molecule has 0 aliphatic heterocycles. The Kier molecular flexibility index (Phi) is 5.82. The van der Waals surface area contributed by atoms with Gasteiger partial charge in [0.2, 0.25) is 10.0 Å². The van der Waals surface area contributed by atoms with E-state index in [1.165, 1.54) is 24.3 Å². The van der Waals surface area contributed by atoms with Crippen molar-refractivity contribution in [1.29, 1.82) is 0 Å². The summed E-state index contributed by atoms with van der Waals surface area (Å²) in [5, 5.41) is 6.26. The molecule has 2 N–H and O–H groups in total. The van der Waals surface area contributed by atoms with E-state index in [1.807, 2.05) is 36.4 Å². The van der Waals surface area contributed by atoms with Gasteiger partial charge in [-0.1, -0.05) is 48.5 Å². The SMILES string of the molecule is NS(=O)(=O)c1cccc(-c2cnc(-c3ccc4ccccc4n3)cc2-c2ccc(C(F)(F)F)cc2)c1. The summed E-state index contributed by atoms with van der Waals surface area (Å²) in [7, 11) is -3.96. The van der Waals surface area contributed by atoms with Gasteiger partial charge in [0.15, 0.2) is 0 Å². The van der Waals surface area contributed by atoms with Gasteiger partial charge in [-0.2, -0.15) is 13.2 Å². The normalized spacial score (nSPS) is 12.1. The summed E-state index contributed by atoms with van der Waals surface area (Å²) < 4.78 is 63.2. The van der Waals surface area contributed by atoms with E-state index < -0.39 is 21.8 Å². The number of aromatic nitrogens is 2. The number of pyridine rings is 2. The summed E-state index contributed by atoms with van der Waals surface area (Å²) >= 11 is 0. The smallest absolute Gasteiger partial charge is 0.254 e. The van der Waals surface area contributed by atoms with Gasteiger partial charge >= 0.3 is 6.18 Å². The van der Waals surface area contributed by atoms with Crippen LogP contribution in [0.2, 0.25) is 0 Å². The van der Waals surface area contributed by atoms with Gasteiger partial charge in [-0.05, 0) is 59.2 Å². The van der Waals surface area contributed by atoms with Crippen LogP contribution in [0.1, 0.15) is 5.56 Å². The number of rotatable bonds is 4. The molecule has 0 aliphatic rings. The fraction of sp³-hybridized carbons (Fsp3) is 0.0370. The van der Waals surface area contributed by atoms with E-state index in [-0.39, 0.29) is 4.90 Å². The topological polar surface area (TPSA) is 85.9 Å². The zero-order chi connectivity index (χ0) is 25.5. The molecule has 36 heavy (non-hydrogen) atoms. The van der Waals surface area contributed by atoms with Crippen LogP contribution in [-0.4, -0.2) is 18.4 Å². The Hall–Kier alpha value is -4.08. The standard InChI is InChI=1S/C27H18F3N3O2S/c28-27(29,30)20-11-8-17(9-12-20)22-15-26(25-13-10-18-4-1-2-7-24(18)33-25)32-16-23(22)19-5-3-6-21(14-19)36(31,34)35/h1-16H,(H2,31,34,35). The second-order valence-corrected chi connectivity index (χ2v) is 9.71. The van der Waals surface area contributed by atoms with E-state index in [2.05, 4.69) is 9.97 Å². The molecule has 0 radical (unpaired) electrons. The number of nitrogens with zero attached hydrogens (tertiary/aromatic N) is 2. The largest absolute Gasteiger partial charge is 0.416 e. The second-order valence-electron chi connectivity index (χ2n) is 8.15. The van der Waals surface area contributed by atoms with Crippen LogP contribution < -0.4 is 5.14 Å². The molecule has 9 heteroatoms. The Morgan fingerprint density at radius 3 is 2.19 bits per heavy atom. The molecule has 0 unspecified atom stereocenters. The molecule has 0 saturated carbocycles. The molecule has 5 aromatic rings. The highest BCUT2D eigenvalue weighted by molar-refractivity contribution is 7.89. The predicted octanol–water partition coefficient (Wildman–Crippen LogP) is 6.30. The third kappa shape index (κ3) is 4.71. The number of hydrogen-bond acceptors (Lipinski definition) is 4. The van der Waals surface area contributed by atoms with Crippen molar-refractivity contribution in [1.82, 2.24) is 9.97 Å². The first kappa shape index (κ1) is 23.7. The summed E-state index contributed by atoms with van der Waals surface area (Å²) in [5.41, 5.74) is 3.21. The lowest BCUT2D eigenvalue weighted by Crippen LogP contribution is -2.12. The van der Waals surface area contributed by atoms with Crippen molar-refractivity contribution in [2.45, 2.75) is 11.1 Å². The third-order valence-electron chi connectivity index (χ3n) is 5.76. The minimum atomic E-state index is -4.47. The van der Waals surface area contributed by atoms with Crippen molar-refractivity contribution in [3.05, 3.63) is 103 Å². The van der Waals surface area contributed by atoms with E-state index in [0.717, 1.165) is 23.0 Å². The Morgan fingerprint density at radius 1 is 0.722 bits per heavy atom. The number of sulfonamides is 1. The van der Waals surface area contributed by atoms with Crippen LogP contribution in [-0.2, 0) is 16.2 Å². The highest BCUT2D eigenvalue weighted by Gasteiger charge is 2.30. The summed E-state index contributed by atoms with van der Waals surface area (Å²) in [6.07, 6.45) is -2.91. The van der Waals surface area contributed by atoms with Crippen LogP contribution in [0.25, 0.3) is 44.5 Å². The lowest BCUT2D eigenvalue weighted by Gasteiger charge is -2.14. The molecule has 0 spiro atoms. The molecule has 5 rings (SSSR count). The van der Waals surface area contributed by atoms with Crippen molar-refractivity contribution >= 4 is 20.9 Å². The maximum atomic E-state index is 13.1. The number of halogens is 3. The predicted molar refractivity (Wildman–Crippen MR) is 132 cm³/mol. The molecular weight excluding hydrogens is 487 g/mol. The Labute approximate surface area is 205 Å². The number of benzene rings is 3. The molecular formula is C27H18F3N3O2S. The maximum Gasteiger partial charge on any atom is 0.416 e. The number of alkyl halides is 3. The van der Waals surface area contributed by atoms with E-state index in [0.29, 0.717) is 33.6 Å². The third-order valence-corrected chi connectivity index (χ3v) is 6.67. The quantitative estimate of drug-likeness (QED) is 0.311. The van der Waals surface area contributed by atoms with Crippen molar-refractivity contribution in [2.75, 3.05) is 0 Å². The van der Waals surface area contributed by atoms with Crippen LogP contribution in [0.5, 0.6) is 0 Å². The van der Waals surface area contributed by atoms with Gasteiger partial charge in [0.25, 0.3) is 0 Å². The second kappa shape index (κ2) is 8.85. The fourth-order valence-electron chi connectivity index (χ4n) is 3.95. The van der Waals surface area contributed by atoms with E-state index >= 15 is 0 Å². The zero-order valence-electron chi connectivity index (χ0n) is 18.6. The molecule has 0 amide bonds. The van der Waals surface area contributed by atoms with E-state index in [9.17, 15) is 21.6 Å². The van der Waals surface area contributed by atoms with Gasteiger partial charge in [-0.25, -0.2) is 18.5 Å². The monoisotopic (exact) mass is 505 g/mol. The summed E-state index contributed by atoms with van der Waals surface area (Å²) in [4.78, 5) is 9.13. The number of para-hydroxylation sites is 1. The van der Waals surface area contributed by atoms with Crippen molar-refractivity contribution < 1.29 is 21.6 Å². The van der Waals surface area contributed by atoms with Crippen LogP contribution >= 0.6 is 0 Å². The lowest BCUT2D eigenvalue weighted by molar-refractivity contribution is -0.137. The van der Waals surface area contributed by atoms with Gasteiger partial charge in [0, 0.05) is 17.1 Å². The molecule has 3 aromatic carbocycles. The number of nitrogens with two attached hydrogens (primary N) is 1. The highest BCUT2D eigenvalue weighted by atomic mass is 32.2. The van der Waals surface area contributed by atoms with Crippen LogP contribution in [0.15, 0.2) is 102 Å². The molecule has 5 nitrogen and oxygen atoms in total. The Balaban J connectivity index is 1.69. The zero-order valence-corrected chi connectivity index (χ0v) is 19.4. The van der Waals surface area contributed by atoms with Gasteiger partial charge in [0.1, 0.15) is 0 Å². The first-order valence-corrected chi connectivity index (χ1v) is 12.3. The fourth-order valence-corrected chi connectivity index (χ4v) is 4.51. The number of fused-ring (bicyclic) bond motifs is 1. The molecule has 2 heterocycles. The minimum Gasteiger partial charge on any atom is -0.254 e. The Morgan fingerprint density at radius 2 is 1.47 bits per heavy atom. The molecule has 0 aliphatic carbocycles. The Bertz CT molecular complexity index is 1700. The van der Waals surface area contributed by atoms with Crippen molar-refractivity contribution in [2.24, 2.45) is 5.14 Å². The van der Waals surface area contributed by atoms with Gasteiger partial charge in [0.05, 0.1) is 27.4 Å². The highest BCUT2D eigenvalue weighted by Crippen LogP contribution is 2.37. The van der Waals surface area contributed by atoms with Gasteiger partial charge < -0.3 is 0 Å². The molecule has 0 fully saturated rings. The van der Waals surface area contributed by atoms with Crippen molar-refractivity contribution in [3.63, 3.8) is 0 Å². The number of hydrogen-bond donors (Lipinski definition) is 1. The average Bonchev–Trinajstić information content (AvgIpc) is 2.87. The molecule has 0 saturated heterocycles. The molecule has 0 bridgehead atoms. The van der Waals surface area contributed by atoms with Crippen LogP contribution in [0, 0.1) is 0 Å². The average molecular weight is 506 g/mol. The van der Waals surface area contributed by atoms with Gasteiger partial charge in [-0.3, -0.25) is 4.98 Å². The first-order chi connectivity index (χ1) is 17.1. The lowest BCUT2D eigenvalue weighted by atomic mass is 9.94. The van der Waals surface area contributed by atoms with E-state index in [1.54, 1.807) is 24.4 Å². The van der Waals surface area contributed by atoms with Crippen LogP contribution in [0.3, 0.4) is 0 Å². The molecule has 0 atom stereocenters. The molecule has 2 aromatic heterocycles. The summed E-state index contributed by atoms with van der Waals surface area (Å²) in [6, 6.07) is 23.9. The first-order valence-electron chi connectivity index (χ1n) is 10.8. The van der Waals surface area contributed by atoms with E-state index in [4.69, 9.17) is 5.14 Å². The minimum absolute atomic E-state index is 0.0846.